The van der Waals surface area contributed by atoms with Crippen LogP contribution in [0.2, 0.25) is 0 Å². The molecular weight excluding hydrogens is 262 g/mol. The van der Waals surface area contributed by atoms with Crippen molar-refractivity contribution in [2.45, 2.75) is 25.4 Å². The molecule has 1 aliphatic rings. The largest absolute Gasteiger partial charge is 0.464 e. The zero-order chi connectivity index (χ0) is 13.9. The average molecular weight is 277 g/mol. The van der Waals surface area contributed by atoms with Gasteiger partial charge in [-0.05, 0) is 19.4 Å². The van der Waals surface area contributed by atoms with Crippen LogP contribution in [0.3, 0.4) is 0 Å². The summed E-state index contributed by atoms with van der Waals surface area (Å²) in [4.78, 5) is 11.8. The van der Waals surface area contributed by atoms with Crippen molar-refractivity contribution in [1.29, 1.82) is 0 Å². The molecule has 0 saturated carbocycles. The summed E-state index contributed by atoms with van der Waals surface area (Å²) in [6.07, 6.45) is 3.56. The minimum absolute atomic E-state index is 0.0574. The van der Waals surface area contributed by atoms with Crippen LogP contribution in [0.25, 0.3) is 0 Å². The smallest absolute Gasteiger partial charge is 0.360 e. The molecule has 0 bridgehead atoms. The Morgan fingerprint density at radius 2 is 2.55 bits per heavy atom. The lowest BCUT2D eigenvalue weighted by molar-refractivity contribution is 0.0591. The predicted molar refractivity (Wildman–Crippen MR) is 66.9 cm³/mol. The first-order valence-corrected chi connectivity index (χ1v) is 6.44. The standard InChI is InChI=1S/C12H15N5O3/c1-19-12(18)10-11(9-3-2-5-13-9)17(16-15-10)7-8-4-6-14-20-8/h4,6,9,13H,2-3,5,7H2,1H3. The summed E-state index contributed by atoms with van der Waals surface area (Å²) in [5.41, 5.74) is 0.997. The number of nitrogens with zero attached hydrogens (tertiary/aromatic N) is 4. The van der Waals surface area contributed by atoms with Gasteiger partial charge in [-0.3, -0.25) is 0 Å². The Bertz CT molecular complexity index is 586. The van der Waals surface area contributed by atoms with E-state index < -0.39 is 5.97 Å². The first-order chi connectivity index (χ1) is 9.79. The molecule has 1 fully saturated rings. The van der Waals surface area contributed by atoms with E-state index >= 15 is 0 Å². The van der Waals surface area contributed by atoms with Crippen LogP contribution in [-0.2, 0) is 11.3 Å². The van der Waals surface area contributed by atoms with Crippen LogP contribution < -0.4 is 5.32 Å². The lowest BCUT2D eigenvalue weighted by Gasteiger charge is -2.12. The molecule has 8 nitrogen and oxygen atoms in total. The van der Waals surface area contributed by atoms with E-state index in [0.29, 0.717) is 12.3 Å². The molecule has 20 heavy (non-hydrogen) atoms. The second kappa shape index (κ2) is 5.41. The molecule has 3 rings (SSSR count). The number of carbonyl (C=O) groups excluding carboxylic acids is 1. The third-order valence-corrected chi connectivity index (χ3v) is 3.34. The predicted octanol–water partition coefficient (Wildman–Crippen LogP) is 0.525. The lowest BCUT2D eigenvalue weighted by Crippen LogP contribution is -2.21. The fraction of sp³-hybridized carbons (Fsp3) is 0.500. The van der Waals surface area contributed by atoms with Crippen molar-refractivity contribution in [1.82, 2.24) is 25.5 Å². The highest BCUT2D eigenvalue weighted by Gasteiger charge is 2.29. The molecule has 1 unspecified atom stereocenters. The topological polar surface area (TPSA) is 95.1 Å². The fourth-order valence-electron chi connectivity index (χ4n) is 2.41. The van der Waals surface area contributed by atoms with Crippen molar-refractivity contribution < 1.29 is 14.1 Å². The van der Waals surface area contributed by atoms with Gasteiger partial charge in [-0.25, -0.2) is 9.48 Å². The summed E-state index contributed by atoms with van der Waals surface area (Å²) >= 11 is 0. The van der Waals surface area contributed by atoms with Crippen LogP contribution in [-0.4, -0.2) is 39.8 Å². The molecule has 0 spiro atoms. The van der Waals surface area contributed by atoms with Crippen LogP contribution in [0.4, 0.5) is 0 Å². The molecule has 1 saturated heterocycles. The molecule has 0 aromatic carbocycles. The molecule has 2 aromatic heterocycles. The molecule has 3 heterocycles. The van der Waals surface area contributed by atoms with Crippen molar-refractivity contribution >= 4 is 5.97 Å². The van der Waals surface area contributed by atoms with E-state index in [0.717, 1.165) is 25.1 Å². The molecule has 106 valence electrons. The summed E-state index contributed by atoms with van der Waals surface area (Å²) in [6, 6.07) is 1.81. The number of carbonyl (C=O) groups is 1. The summed E-state index contributed by atoms with van der Waals surface area (Å²) in [6.45, 7) is 1.30. The molecule has 0 radical (unpaired) electrons. The van der Waals surface area contributed by atoms with Crippen LogP contribution in [0, 0.1) is 0 Å². The number of methoxy groups -OCH3 is 1. The van der Waals surface area contributed by atoms with Crippen molar-refractivity contribution in [2.24, 2.45) is 0 Å². The van der Waals surface area contributed by atoms with Gasteiger partial charge < -0.3 is 14.6 Å². The summed E-state index contributed by atoms with van der Waals surface area (Å²) in [5, 5.41) is 15.0. The number of hydrogen-bond donors (Lipinski definition) is 1. The Balaban J connectivity index is 1.96. The van der Waals surface area contributed by atoms with E-state index in [1.165, 1.54) is 7.11 Å². The summed E-state index contributed by atoms with van der Waals surface area (Å²) in [5.74, 6) is 0.183. The normalized spacial score (nSPS) is 18.4. The molecule has 0 amide bonds. The number of ether oxygens (including phenoxy) is 1. The van der Waals surface area contributed by atoms with Gasteiger partial charge in [0.2, 0.25) is 0 Å². The average Bonchev–Trinajstić information content (AvgIpc) is 3.19. The number of esters is 1. The van der Waals surface area contributed by atoms with Gasteiger partial charge in [0.15, 0.2) is 11.5 Å². The molecule has 0 aliphatic carbocycles. The van der Waals surface area contributed by atoms with Crippen molar-refractivity contribution in [3.8, 4) is 0 Å². The first kappa shape index (κ1) is 12.8. The molecular formula is C12H15N5O3. The third kappa shape index (κ3) is 2.29. The minimum Gasteiger partial charge on any atom is -0.464 e. The van der Waals surface area contributed by atoms with Gasteiger partial charge in [0.25, 0.3) is 0 Å². The quantitative estimate of drug-likeness (QED) is 0.814. The number of rotatable bonds is 4. The highest BCUT2D eigenvalue weighted by atomic mass is 16.5. The second-order valence-corrected chi connectivity index (χ2v) is 4.60. The van der Waals surface area contributed by atoms with E-state index in [-0.39, 0.29) is 11.7 Å². The lowest BCUT2D eigenvalue weighted by atomic mass is 10.1. The van der Waals surface area contributed by atoms with Gasteiger partial charge in [0.1, 0.15) is 6.54 Å². The van der Waals surface area contributed by atoms with Gasteiger partial charge in [-0.1, -0.05) is 10.4 Å². The molecule has 1 N–H and O–H groups in total. The maximum atomic E-state index is 11.8. The van der Waals surface area contributed by atoms with E-state index in [1.54, 1.807) is 16.9 Å². The molecule has 1 atom stereocenters. The highest BCUT2D eigenvalue weighted by molar-refractivity contribution is 5.88. The zero-order valence-corrected chi connectivity index (χ0v) is 11.1. The maximum absolute atomic E-state index is 11.8. The zero-order valence-electron chi connectivity index (χ0n) is 11.1. The minimum atomic E-state index is -0.475. The van der Waals surface area contributed by atoms with Gasteiger partial charge in [-0.2, -0.15) is 0 Å². The SMILES string of the molecule is COC(=O)c1nnn(Cc2ccno2)c1C1CCCN1. The number of aromatic nitrogens is 4. The molecule has 2 aromatic rings. The van der Waals surface area contributed by atoms with Crippen molar-refractivity contribution in [3.63, 3.8) is 0 Å². The van der Waals surface area contributed by atoms with Crippen LogP contribution in [0.5, 0.6) is 0 Å². The Kier molecular flexibility index (Phi) is 3.46. The van der Waals surface area contributed by atoms with Crippen LogP contribution >= 0.6 is 0 Å². The molecule has 8 heteroatoms. The fourth-order valence-corrected chi connectivity index (χ4v) is 2.41. The number of hydrogen-bond acceptors (Lipinski definition) is 7. The Morgan fingerprint density at radius 3 is 3.20 bits per heavy atom. The monoisotopic (exact) mass is 277 g/mol. The van der Waals surface area contributed by atoms with Gasteiger partial charge >= 0.3 is 5.97 Å². The Morgan fingerprint density at radius 1 is 1.65 bits per heavy atom. The second-order valence-electron chi connectivity index (χ2n) is 4.60. The van der Waals surface area contributed by atoms with E-state index in [4.69, 9.17) is 9.26 Å². The summed E-state index contributed by atoms with van der Waals surface area (Å²) < 4.78 is 11.5. The van der Waals surface area contributed by atoms with E-state index in [9.17, 15) is 4.79 Å². The van der Waals surface area contributed by atoms with E-state index in [1.807, 2.05) is 0 Å². The maximum Gasteiger partial charge on any atom is 0.360 e. The van der Waals surface area contributed by atoms with Gasteiger partial charge in [0.05, 0.1) is 25.0 Å². The van der Waals surface area contributed by atoms with E-state index in [2.05, 4.69) is 20.8 Å². The first-order valence-electron chi connectivity index (χ1n) is 6.44. The highest BCUT2D eigenvalue weighted by Crippen LogP contribution is 2.26. The van der Waals surface area contributed by atoms with Gasteiger partial charge in [-0.15, -0.1) is 5.10 Å². The summed E-state index contributed by atoms with van der Waals surface area (Å²) in [7, 11) is 1.34. The number of nitrogens with one attached hydrogen (secondary N) is 1. The van der Waals surface area contributed by atoms with Gasteiger partial charge in [0, 0.05) is 6.07 Å². The van der Waals surface area contributed by atoms with Crippen LogP contribution in [0.1, 0.15) is 40.8 Å². The Labute approximate surface area is 115 Å². The molecule has 1 aliphatic heterocycles. The third-order valence-electron chi connectivity index (χ3n) is 3.34. The van der Waals surface area contributed by atoms with Crippen molar-refractivity contribution in [3.05, 3.63) is 29.4 Å². The van der Waals surface area contributed by atoms with Crippen molar-refractivity contribution in [2.75, 3.05) is 13.7 Å². The van der Waals surface area contributed by atoms with Crippen LogP contribution in [0.15, 0.2) is 16.8 Å². The Hall–Kier alpha value is -2.22.